The molecule has 0 saturated carbocycles. The maximum atomic E-state index is 13.3. The van der Waals surface area contributed by atoms with Gasteiger partial charge >= 0.3 is 5.97 Å². The Labute approximate surface area is 194 Å². The van der Waals surface area contributed by atoms with E-state index in [2.05, 4.69) is 49.8 Å². The van der Waals surface area contributed by atoms with Crippen LogP contribution in [0.25, 0.3) is 6.08 Å². The van der Waals surface area contributed by atoms with Gasteiger partial charge in [0.25, 0.3) is 5.91 Å². The molecule has 3 heterocycles. The zero-order valence-corrected chi connectivity index (χ0v) is 19.6. The summed E-state index contributed by atoms with van der Waals surface area (Å²) in [6.45, 7) is 11.1. The first kappa shape index (κ1) is 21.4. The quantitative estimate of drug-likeness (QED) is 0.697. The maximum Gasteiger partial charge on any atom is 0.357 e. The minimum absolute atomic E-state index is 0.00198. The number of rotatable bonds is 3. The summed E-state index contributed by atoms with van der Waals surface area (Å²) in [6, 6.07) is 13.2. The molecule has 0 unspecified atom stereocenters. The van der Waals surface area contributed by atoms with Crippen molar-refractivity contribution in [1.82, 2.24) is 0 Å². The largest absolute Gasteiger partial charge is 0.476 e. The molecule has 0 spiro atoms. The number of amides is 1. The Bertz CT molecular complexity index is 1180. The normalized spacial score (nSPS) is 21.8. The molecule has 0 radical (unpaired) electrons. The number of hydrogen-bond acceptors (Lipinski definition) is 4. The Balaban J connectivity index is 1.66. The number of carboxylic acids is 1. The van der Waals surface area contributed by atoms with E-state index in [4.69, 9.17) is 0 Å². The molecule has 6 heteroatoms. The molecule has 6 nitrogen and oxygen atoms in total. The van der Waals surface area contributed by atoms with Gasteiger partial charge in [-0.3, -0.25) is 4.79 Å². The molecule has 3 aliphatic heterocycles. The third-order valence-corrected chi connectivity index (χ3v) is 7.31. The number of para-hydroxylation sites is 1. The standard InChI is InChI=1S/C27H29N3O3/c1-26(2)10-12-29-13-11-27(3,4)21-16-17(15-20(26)23(21)29)14-19-22(25(32)33)28-30(24(19)31)18-8-6-5-7-9-18/h5-9,14-16H,10-13H2,1-4H3,(H,32,33)/b19-14-. The van der Waals surface area contributed by atoms with E-state index in [0.717, 1.165) is 31.5 Å². The second kappa shape index (κ2) is 7.30. The van der Waals surface area contributed by atoms with Crippen molar-refractivity contribution in [3.63, 3.8) is 0 Å². The van der Waals surface area contributed by atoms with Gasteiger partial charge in [0.1, 0.15) is 0 Å². The number of benzene rings is 2. The molecule has 0 saturated heterocycles. The van der Waals surface area contributed by atoms with Crippen LogP contribution in [0.1, 0.15) is 57.2 Å². The average molecular weight is 444 g/mol. The van der Waals surface area contributed by atoms with Crippen molar-refractivity contribution in [3.8, 4) is 0 Å². The zero-order valence-electron chi connectivity index (χ0n) is 19.6. The van der Waals surface area contributed by atoms with Crippen LogP contribution >= 0.6 is 0 Å². The van der Waals surface area contributed by atoms with Gasteiger partial charge in [-0.05, 0) is 70.7 Å². The highest BCUT2D eigenvalue weighted by Gasteiger charge is 2.40. The van der Waals surface area contributed by atoms with Crippen LogP contribution in [-0.2, 0) is 20.4 Å². The smallest absolute Gasteiger partial charge is 0.357 e. The fourth-order valence-corrected chi connectivity index (χ4v) is 5.16. The fraction of sp³-hybridized carbons (Fsp3) is 0.370. The predicted octanol–water partition coefficient (Wildman–Crippen LogP) is 4.73. The van der Waals surface area contributed by atoms with Gasteiger partial charge in [-0.25, -0.2) is 4.79 Å². The van der Waals surface area contributed by atoms with Crippen LogP contribution in [0, 0.1) is 0 Å². The number of carbonyl (C=O) groups excluding carboxylic acids is 1. The molecule has 33 heavy (non-hydrogen) atoms. The van der Waals surface area contributed by atoms with Crippen LogP contribution in [-0.4, -0.2) is 35.8 Å². The maximum absolute atomic E-state index is 13.3. The third-order valence-electron chi connectivity index (χ3n) is 7.31. The van der Waals surface area contributed by atoms with Crippen LogP contribution < -0.4 is 9.91 Å². The Morgan fingerprint density at radius 3 is 2.12 bits per heavy atom. The van der Waals surface area contributed by atoms with Crippen molar-refractivity contribution in [3.05, 3.63) is 64.7 Å². The summed E-state index contributed by atoms with van der Waals surface area (Å²) in [4.78, 5) is 27.7. The molecule has 0 aliphatic carbocycles. The van der Waals surface area contributed by atoms with E-state index in [1.807, 2.05) is 6.07 Å². The van der Waals surface area contributed by atoms with Gasteiger partial charge < -0.3 is 10.0 Å². The van der Waals surface area contributed by atoms with Gasteiger partial charge in [0, 0.05) is 18.8 Å². The summed E-state index contributed by atoms with van der Waals surface area (Å²) in [7, 11) is 0. The number of nitrogens with zero attached hydrogens (tertiary/aromatic N) is 3. The van der Waals surface area contributed by atoms with Gasteiger partial charge in [0.2, 0.25) is 0 Å². The van der Waals surface area contributed by atoms with Gasteiger partial charge in [-0.15, -0.1) is 0 Å². The minimum Gasteiger partial charge on any atom is -0.476 e. The van der Waals surface area contributed by atoms with Crippen molar-refractivity contribution >= 4 is 35.0 Å². The summed E-state index contributed by atoms with van der Waals surface area (Å²) in [6.07, 6.45) is 3.82. The molecule has 5 rings (SSSR count). The van der Waals surface area contributed by atoms with Crippen molar-refractivity contribution in [1.29, 1.82) is 0 Å². The molecule has 2 aromatic carbocycles. The van der Waals surface area contributed by atoms with Crippen molar-refractivity contribution in [2.75, 3.05) is 23.0 Å². The molecule has 2 aromatic rings. The Morgan fingerprint density at radius 1 is 1.00 bits per heavy atom. The molecule has 170 valence electrons. The molecule has 3 aliphatic rings. The first-order valence-corrected chi connectivity index (χ1v) is 11.5. The lowest BCUT2D eigenvalue weighted by molar-refractivity contribution is -0.129. The Kier molecular flexibility index (Phi) is 4.74. The van der Waals surface area contributed by atoms with Crippen LogP contribution in [0.4, 0.5) is 11.4 Å². The van der Waals surface area contributed by atoms with Crippen LogP contribution in [0.2, 0.25) is 0 Å². The summed E-state index contributed by atoms with van der Waals surface area (Å²) < 4.78 is 0. The fourth-order valence-electron chi connectivity index (χ4n) is 5.16. The van der Waals surface area contributed by atoms with Gasteiger partial charge in [0.15, 0.2) is 5.71 Å². The number of carboxylic acid groups (broad SMARTS) is 1. The lowest BCUT2D eigenvalue weighted by atomic mass is 9.69. The number of carbonyl (C=O) groups is 2. The first-order chi connectivity index (χ1) is 15.6. The number of hydrogen-bond donors (Lipinski definition) is 1. The molecule has 0 atom stereocenters. The summed E-state index contributed by atoms with van der Waals surface area (Å²) in [5, 5.41) is 15.1. The predicted molar refractivity (Wildman–Crippen MR) is 131 cm³/mol. The van der Waals surface area contributed by atoms with Crippen molar-refractivity contribution in [2.24, 2.45) is 5.10 Å². The van der Waals surface area contributed by atoms with Crippen molar-refractivity contribution < 1.29 is 14.7 Å². The Morgan fingerprint density at radius 2 is 1.58 bits per heavy atom. The molecule has 0 bridgehead atoms. The van der Waals surface area contributed by atoms with Crippen LogP contribution in [0.5, 0.6) is 0 Å². The zero-order chi connectivity index (χ0) is 23.5. The van der Waals surface area contributed by atoms with Crippen LogP contribution in [0.15, 0.2) is 53.1 Å². The van der Waals surface area contributed by atoms with E-state index in [9.17, 15) is 14.7 Å². The van der Waals surface area contributed by atoms with E-state index in [0.29, 0.717) is 5.69 Å². The second-order valence-electron chi connectivity index (χ2n) is 10.5. The summed E-state index contributed by atoms with van der Waals surface area (Å²) in [5.41, 5.74) is 5.14. The lowest BCUT2D eigenvalue weighted by Gasteiger charge is -2.48. The molecule has 1 amide bonds. The molecular formula is C27H29N3O3. The van der Waals surface area contributed by atoms with E-state index >= 15 is 0 Å². The number of hydrazone groups is 1. The highest BCUT2D eigenvalue weighted by atomic mass is 16.4. The topological polar surface area (TPSA) is 73.2 Å². The lowest BCUT2D eigenvalue weighted by Crippen LogP contribution is -2.44. The third kappa shape index (κ3) is 3.45. The van der Waals surface area contributed by atoms with Gasteiger partial charge in [-0.2, -0.15) is 10.1 Å². The molecule has 0 aromatic heterocycles. The van der Waals surface area contributed by atoms with Crippen molar-refractivity contribution in [2.45, 2.75) is 51.4 Å². The van der Waals surface area contributed by atoms with E-state index in [1.165, 1.54) is 21.8 Å². The van der Waals surface area contributed by atoms with Gasteiger partial charge in [0.05, 0.1) is 11.3 Å². The second-order valence-corrected chi connectivity index (χ2v) is 10.5. The number of aliphatic carboxylic acids is 1. The monoisotopic (exact) mass is 443 g/mol. The van der Waals surface area contributed by atoms with E-state index in [-0.39, 0.29) is 22.1 Å². The van der Waals surface area contributed by atoms with Gasteiger partial charge in [-0.1, -0.05) is 45.9 Å². The van der Waals surface area contributed by atoms with E-state index in [1.54, 1.807) is 30.3 Å². The van der Waals surface area contributed by atoms with Crippen LogP contribution in [0.3, 0.4) is 0 Å². The Hall–Kier alpha value is -3.41. The van der Waals surface area contributed by atoms with E-state index < -0.39 is 11.9 Å². The summed E-state index contributed by atoms with van der Waals surface area (Å²) >= 11 is 0. The first-order valence-electron chi connectivity index (χ1n) is 11.5. The average Bonchev–Trinajstić information content (AvgIpc) is 3.09. The molecule has 0 fully saturated rings. The highest BCUT2D eigenvalue weighted by Crippen LogP contribution is 2.49. The minimum atomic E-state index is -1.21. The highest BCUT2D eigenvalue weighted by molar-refractivity contribution is 6.53. The molecular weight excluding hydrogens is 414 g/mol. The molecule has 1 N–H and O–H groups in total. The number of anilines is 2. The SMILES string of the molecule is CC1(C)CCN2CCC(C)(C)c3cc(/C=C4\C(=O)N(c5ccccc5)N=C4C(=O)O)cc1c32. The summed E-state index contributed by atoms with van der Waals surface area (Å²) in [5.74, 6) is -1.63.